The van der Waals surface area contributed by atoms with Crippen LogP contribution in [0.3, 0.4) is 0 Å². The van der Waals surface area contributed by atoms with Gasteiger partial charge in [0.15, 0.2) is 0 Å². The first-order valence-corrected chi connectivity index (χ1v) is 8.94. The number of amides is 2. The summed E-state index contributed by atoms with van der Waals surface area (Å²) in [6.07, 6.45) is 2.34. The van der Waals surface area contributed by atoms with Gasteiger partial charge in [0.05, 0.1) is 6.54 Å². The molecule has 1 aliphatic rings. The van der Waals surface area contributed by atoms with Crippen molar-refractivity contribution in [3.05, 3.63) is 47.2 Å². The van der Waals surface area contributed by atoms with Crippen molar-refractivity contribution < 1.29 is 9.21 Å². The highest BCUT2D eigenvalue weighted by Gasteiger charge is 2.22. The first-order valence-electron chi connectivity index (χ1n) is 8.57. The van der Waals surface area contributed by atoms with Gasteiger partial charge in [0.25, 0.3) is 0 Å². The van der Waals surface area contributed by atoms with Crippen molar-refractivity contribution >= 4 is 17.6 Å². The third-order valence-corrected chi connectivity index (χ3v) is 4.94. The predicted molar refractivity (Wildman–Crippen MR) is 99.7 cm³/mol. The SMILES string of the molecule is CN(Cc1ccc(-c2ccc(Cl)cc2)o1)C(=O)NC[C@@H]1CCCN1C. The van der Waals surface area contributed by atoms with E-state index in [0.29, 0.717) is 24.2 Å². The Labute approximate surface area is 153 Å². The van der Waals surface area contributed by atoms with Crippen LogP contribution in [0, 0.1) is 0 Å². The minimum absolute atomic E-state index is 0.0789. The van der Waals surface area contributed by atoms with Crippen LogP contribution in [0.15, 0.2) is 40.8 Å². The predicted octanol–water partition coefficient (Wildman–Crippen LogP) is 3.84. The topological polar surface area (TPSA) is 48.7 Å². The fraction of sp³-hybridized carbons (Fsp3) is 0.421. The Morgan fingerprint density at radius 3 is 2.76 bits per heavy atom. The van der Waals surface area contributed by atoms with Crippen LogP contribution in [-0.2, 0) is 6.54 Å². The average molecular weight is 362 g/mol. The first-order chi connectivity index (χ1) is 12.0. The molecule has 0 saturated carbocycles. The Kier molecular flexibility index (Phi) is 5.66. The first kappa shape index (κ1) is 17.8. The van der Waals surface area contributed by atoms with Gasteiger partial charge in [-0.2, -0.15) is 0 Å². The number of likely N-dealkylation sites (tertiary alicyclic amines) is 1. The van der Waals surface area contributed by atoms with Crippen molar-refractivity contribution in [1.29, 1.82) is 0 Å². The van der Waals surface area contributed by atoms with Gasteiger partial charge in [0.1, 0.15) is 11.5 Å². The number of nitrogens with zero attached hydrogens (tertiary/aromatic N) is 2. The number of urea groups is 1. The van der Waals surface area contributed by atoms with Crippen LogP contribution in [0.5, 0.6) is 0 Å². The minimum atomic E-state index is -0.0789. The number of halogens is 1. The zero-order valence-corrected chi connectivity index (χ0v) is 15.4. The van der Waals surface area contributed by atoms with Crippen molar-refractivity contribution in [1.82, 2.24) is 15.1 Å². The summed E-state index contributed by atoms with van der Waals surface area (Å²) in [4.78, 5) is 16.2. The van der Waals surface area contributed by atoms with E-state index in [1.54, 1.807) is 11.9 Å². The van der Waals surface area contributed by atoms with Crippen LogP contribution in [-0.4, -0.2) is 49.1 Å². The molecule has 0 unspecified atom stereocenters. The molecule has 1 saturated heterocycles. The average Bonchev–Trinajstić information content (AvgIpc) is 3.22. The lowest BCUT2D eigenvalue weighted by atomic mass is 10.2. The van der Waals surface area contributed by atoms with Gasteiger partial charge >= 0.3 is 6.03 Å². The number of nitrogens with one attached hydrogen (secondary N) is 1. The number of hydrogen-bond acceptors (Lipinski definition) is 3. The molecule has 134 valence electrons. The Balaban J connectivity index is 1.53. The van der Waals surface area contributed by atoms with E-state index < -0.39 is 0 Å². The van der Waals surface area contributed by atoms with Crippen LogP contribution < -0.4 is 5.32 Å². The van der Waals surface area contributed by atoms with E-state index in [9.17, 15) is 4.79 Å². The zero-order valence-electron chi connectivity index (χ0n) is 14.7. The molecule has 3 rings (SSSR count). The van der Waals surface area contributed by atoms with Crippen molar-refractivity contribution in [3.8, 4) is 11.3 Å². The van der Waals surface area contributed by atoms with Crippen LogP contribution in [0.1, 0.15) is 18.6 Å². The molecular formula is C19H24ClN3O2. The van der Waals surface area contributed by atoms with E-state index in [0.717, 1.165) is 30.0 Å². The monoisotopic (exact) mass is 361 g/mol. The lowest BCUT2D eigenvalue weighted by Gasteiger charge is -2.22. The molecule has 1 aliphatic heterocycles. The maximum atomic E-state index is 12.3. The quantitative estimate of drug-likeness (QED) is 0.880. The van der Waals surface area contributed by atoms with E-state index in [2.05, 4.69) is 17.3 Å². The number of hydrogen-bond donors (Lipinski definition) is 1. The number of rotatable bonds is 5. The van der Waals surface area contributed by atoms with Gasteiger partial charge in [-0.3, -0.25) is 0 Å². The molecular weight excluding hydrogens is 338 g/mol. The van der Waals surface area contributed by atoms with Gasteiger partial charge in [-0.05, 0) is 62.8 Å². The van der Waals surface area contributed by atoms with Crippen LogP contribution in [0.4, 0.5) is 4.79 Å². The van der Waals surface area contributed by atoms with Crippen molar-refractivity contribution in [2.45, 2.75) is 25.4 Å². The maximum absolute atomic E-state index is 12.3. The molecule has 1 N–H and O–H groups in total. The van der Waals surface area contributed by atoms with E-state index in [-0.39, 0.29) is 6.03 Å². The van der Waals surface area contributed by atoms with Gasteiger partial charge < -0.3 is 19.5 Å². The zero-order chi connectivity index (χ0) is 17.8. The molecule has 0 spiro atoms. The summed E-state index contributed by atoms with van der Waals surface area (Å²) < 4.78 is 5.85. The highest BCUT2D eigenvalue weighted by Crippen LogP contribution is 2.24. The van der Waals surface area contributed by atoms with E-state index >= 15 is 0 Å². The summed E-state index contributed by atoms with van der Waals surface area (Å²) in [7, 11) is 3.88. The van der Waals surface area contributed by atoms with E-state index in [1.807, 2.05) is 36.4 Å². The molecule has 0 radical (unpaired) electrons. The number of carbonyl (C=O) groups is 1. The fourth-order valence-corrected chi connectivity index (χ4v) is 3.24. The third-order valence-electron chi connectivity index (χ3n) is 4.69. The second-order valence-electron chi connectivity index (χ2n) is 6.59. The lowest BCUT2D eigenvalue weighted by Crippen LogP contribution is -2.43. The Hall–Kier alpha value is -1.98. The number of benzene rings is 1. The van der Waals surface area contributed by atoms with E-state index in [1.165, 1.54) is 6.42 Å². The van der Waals surface area contributed by atoms with E-state index in [4.69, 9.17) is 16.0 Å². The molecule has 2 amide bonds. The van der Waals surface area contributed by atoms with Crippen molar-refractivity contribution in [2.24, 2.45) is 0 Å². The minimum Gasteiger partial charge on any atom is -0.459 e. The lowest BCUT2D eigenvalue weighted by molar-refractivity contribution is 0.198. The maximum Gasteiger partial charge on any atom is 0.317 e. The Morgan fingerprint density at radius 1 is 1.32 bits per heavy atom. The molecule has 1 aromatic carbocycles. The summed E-state index contributed by atoms with van der Waals surface area (Å²) in [6.45, 7) is 2.23. The van der Waals surface area contributed by atoms with Gasteiger partial charge in [-0.15, -0.1) is 0 Å². The molecule has 5 nitrogen and oxygen atoms in total. The van der Waals surface area contributed by atoms with Crippen LogP contribution >= 0.6 is 11.6 Å². The molecule has 0 bridgehead atoms. The fourth-order valence-electron chi connectivity index (χ4n) is 3.12. The summed E-state index contributed by atoms with van der Waals surface area (Å²) in [6, 6.07) is 11.7. The summed E-state index contributed by atoms with van der Waals surface area (Å²) in [5, 5.41) is 3.70. The van der Waals surface area contributed by atoms with Crippen LogP contribution in [0.2, 0.25) is 5.02 Å². The Bertz CT molecular complexity index is 714. The Morgan fingerprint density at radius 2 is 2.08 bits per heavy atom. The molecule has 0 aliphatic carbocycles. The second kappa shape index (κ2) is 7.93. The van der Waals surface area contributed by atoms with Gasteiger partial charge in [0, 0.05) is 30.2 Å². The van der Waals surface area contributed by atoms with Crippen molar-refractivity contribution in [3.63, 3.8) is 0 Å². The van der Waals surface area contributed by atoms with Crippen molar-refractivity contribution in [2.75, 3.05) is 27.2 Å². The van der Waals surface area contributed by atoms with Gasteiger partial charge in [-0.25, -0.2) is 4.79 Å². The number of furan rings is 1. The molecule has 2 aromatic rings. The largest absolute Gasteiger partial charge is 0.459 e. The molecule has 1 atom stereocenters. The van der Waals surface area contributed by atoms with Gasteiger partial charge in [-0.1, -0.05) is 11.6 Å². The second-order valence-corrected chi connectivity index (χ2v) is 7.03. The smallest absolute Gasteiger partial charge is 0.317 e. The molecule has 1 aromatic heterocycles. The van der Waals surface area contributed by atoms with Gasteiger partial charge in [0.2, 0.25) is 0 Å². The number of carbonyl (C=O) groups excluding carboxylic acids is 1. The molecule has 6 heteroatoms. The third kappa shape index (κ3) is 4.55. The normalized spacial score (nSPS) is 17.6. The summed E-state index contributed by atoms with van der Waals surface area (Å²) in [5.41, 5.74) is 0.965. The highest BCUT2D eigenvalue weighted by atomic mass is 35.5. The summed E-state index contributed by atoms with van der Waals surface area (Å²) >= 11 is 5.91. The highest BCUT2D eigenvalue weighted by molar-refractivity contribution is 6.30. The summed E-state index contributed by atoms with van der Waals surface area (Å²) in [5.74, 6) is 1.52. The molecule has 2 heterocycles. The molecule has 25 heavy (non-hydrogen) atoms. The standard InChI is InChI=1S/C19H24ClN3O2/c1-22-11-3-4-16(22)12-21-19(24)23(2)13-17-9-10-18(25-17)14-5-7-15(20)8-6-14/h5-10,16H,3-4,11-13H2,1-2H3,(H,21,24)/t16-/m0/s1. The molecule has 1 fully saturated rings. The van der Waals surface area contributed by atoms with Crippen LogP contribution in [0.25, 0.3) is 11.3 Å². The number of likely N-dealkylation sites (N-methyl/N-ethyl adjacent to an activating group) is 1.